The summed E-state index contributed by atoms with van der Waals surface area (Å²) >= 11 is 0. The Balaban J connectivity index is 1.66. The molecule has 3 heteroatoms. The molecule has 0 radical (unpaired) electrons. The number of rotatable bonds is 6. The van der Waals surface area contributed by atoms with Gasteiger partial charge in [0.2, 0.25) is 0 Å². The first-order valence-electron chi connectivity index (χ1n) is 7.11. The molecular formula is C16H22O3. The summed E-state index contributed by atoms with van der Waals surface area (Å²) in [5.41, 5.74) is 0.714. The van der Waals surface area contributed by atoms with Gasteiger partial charge in [-0.15, -0.1) is 0 Å². The molecule has 0 heterocycles. The van der Waals surface area contributed by atoms with E-state index in [4.69, 9.17) is 9.47 Å². The van der Waals surface area contributed by atoms with Crippen LogP contribution in [0.25, 0.3) is 0 Å². The highest BCUT2D eigenvalue weighted by Gasteiger charge is 2.13. The van der Waals surface area contributed by atoms with E-state index in [1.165, 1.54) is 32.1 Å². The summed E-state index contributed by atoms with van der Waals surface area (Å²) in [5, 5.41) is 0. The molecule has 2 rings (SSSR count). The van der Waals surface area contributed by atoms with Gasteiger partial charge in [-0.1, -0.05) is 19.3 Å². The molecule has 0 aliphatic heterocycles. The van der Waals surface area contributed by atoms with Crippen LogP contribution in [0.2, 0.25) is 0 Å². The lowest BCUT2D eigenvalue weighted by Crippen LogP contribution is -2.19. The van der Waals surface area contributed by atoms with Gasteiger partial charge in [0.05, 0.1) is 12.7 Å². The zero-order chi connectivity index (χ0) is 13.5. The van der Waals surface area contributed by atoms with Gasteiger partial charge in [-0.05, 0) is 44.0 Å². The molecule has 1 aromatic carbocycles. The maximum atomic E-state index is 11.1. The van der Waals surface area contributed by atoms with Crippen LogP contribution in [0.4, 0.5) is 0 Å². The van der Waals surface area contributed by atoms with Gasteiger partial charge in [-0.3, -0.25) is 4.79 Å². The highest BCUT2D eigenvalue weighted by atomic mass is 16.5. The minimum absolute atomic E-state index is 0.0761. The zero-order valence-electron chi connectivity index (χ0n) is 11.6. The van der Waals surface area contributed by atoms with E-state index >= 15 is 0 Å². The Hall–Kier alpha value is -1.35. The van der Waals surface area contributed by atoms with Crippen molar-refractivity contribution in [1.29, 1.82) is 0 Å². The molecule has 0 spiro atoms. The average Bonchev–Trinajstić information content (AvgIpc) is 2.45. The first kappa shape index (κ1) is 14.1. The highest BCUT2D eigenvalue weighted by Crippen LogP contribution is 2.20. The van der Waals surface area contributed by atoms with E-state index in [1.54, 1.807) is 19.1 Å². The van der Waals surface area contributed by atoms with Crippen molar-refractivity contribution >= 4 is 5.78 Å². The van der Waals surface area contributed by atoms with E-state index in [0.29, 0.717) is 24.9 Å². The second kappa shape index (κ2) is 7.29. The van der Waals surface area contributed by atoms with Gasteiger partial charge in [0, 0.05) is 5.56 Å². The molecule has 1 aliphatic rings. The number of benzene rings is 1. The maximum Gasteiger partial charge on any atom is 0.159 e. The van der Waals surface area contributed by atoms with E-state index in [-0.39, 0.29) is 5.78 Å². The SMILES string of the molecule is CC(=O)c1ccc(OCCOC2CCCCC2)cc1. The van der Waals surface area contributed by atoms with Crippen LogP contribution in [0.1, 0.15) is 49.4 Å². The maximum absolute atomic E-state index is 11.1. The lowest BCUT2D eigenvalue weighted by molar-refractivity contribution is 0.0129. The molecule has 104 valence electrons. The number of Topliss-reactive ketones (excluding diaryl/α,β-unsaturated/α-hetero) is 1. The molecule has 1 aliphatic carbocycles. The molecule has 0 amide bonds. The Kier molecular flexibility index (Phi) is 5.40. The lowest BCUT2D eigenvalue weighted by atomic mass is 9.98. The number of carbonyl (C=O) groups is 1. The standard InChI is InChI=1S/C16H22O3/c1-13(17)14-7-9-16(10-8-14)19-12-11-18-15-5-3-2-4-6-15/h7-10,15H,2-6,11-12H2,1H3. The molecule has 0 aromatic heterocycles. The monoisotopic (exact) mass is 262 g/mol. The zero-order valence-corrected chi connectivity index (χ0v) is 11.6. The summed E-state index contributed by atoms with van der Waals surface area (Å²) in [6, 6.07) is 7.24. The van der Waals surface area contributed by atoms with Crippen molar-refractivity contribution in [3.05, 3.63) is 29.8 Å². The fraction of sp³-hybridized carbons (Fsp3) is 0.562. The molecule has 0 atom stereocenters. The summed E-state index contributed by atoms with van der Waals surface area (Å²) in [6.07, 6.45) is 6.73. The van der Waals surface area contributed by atoms with Crippen LogP contribution in [-0.2, 0) is 4.74 Å². The Bertz CT molecular complexity index is 391. The fourth-order valence-electron chi connectivity index (χ4n) is 2.39. The number of hydrogen-bond acceptors (Lipinski definition) is 3. The third-order valence-corrected chi connectivity index (χ3v) is 3.52. The van der Waals surface area contributed by atoms with Crippen molar-refractivity contribution in [3.8, 4) is 5.75 Å². The second-order valence-corrected chi connectivity index (χ2v) is 5.06. The Morgan fingerprint density at radius 1 is 1.11 bits per heavy atom. The van der Waals surface area contributed by atoms with Crippen LogP contribution in [-0.4, -0.2) is 25.1 Å². The molecule has 3 nitrogen and oxygen atoms in total. The van der Waals surface area contributed by atoms with Crippen LogP contribution in [0.5, 0.6) is 5.75 Å². The molecule has 0 N–H and O–H groups in total. The smallest absolute Gasteiger partial charge is 0.159 e. The Morgan fingerprint density at radius 3 is 2.42 bits per heavy atom. The molecule has 1 fully saturated rings. The molecule has 0 bridgehead atoms. The van der Waals surface area contributed by atoms with E-state index in [0.717, 1.165) is 5.75 Å². The van der Waals surface area contributed by atoms with Gasteiger partial charge in [0.15, 0.2) is 5.78 Å². The number of hydrogen-bond donors (Lipinski definition) is 0. The molecule has 1 saturated carbocycles. The molecular weight excluding hydrogens is 240 g/mol. The molecule has 1 aromatic rings. The van der Waals surface area contributed by atoms with Crippen molar-refractivity contribution < 1.29 is 14.3 Å². The average molecular weight is 262 g/mol. The third-order valence-electron chi connectivity index (χ3n) is 3.52. The van der Waals surface area contributed by atoms with Gasteiger partial charge in [0.1, 0.15) is 12.4 Å². The largest absolute Gasteiger partial charge is 0.491 e. The minimum Gasteiger partial charge on any atom is -0.491 e. The van der Waals surface area contributed by atoms with Crippen LogP contribution in [0.3, 0.4) is 0 Å². The summed E-state index contributed by atoms with van der Waals surface area (Å²) in [4.78, 5) is 11.1. The van der Waals surface area contributed by atoms with E-state index in [9.17, 15) is 4.79 Å². The van der Waals surface area contributed by atoms with Gasteiger partial charge < -0.3 is 9.47 Å². The van der Waals surface area contributed by atoms with Crippen molar-refractivity contribution in [2.75, 3.05) is 13.2 Å². The first-order chi connectivity index (χ1) is 9.25. The third kappa shape index (κ3) is 4.67. The first-order valence-corrected chi connectivity index (χ1v) is 7.11. The van der Waals surface area contributed by atoms with E-state index in [2.05, 4.69) is 0 Å². The molecule has 0 unspecified atom stereocenters. The second-order valence-electron chi connectivity index (χ2n) is 5.06. The number of carbonyl (C=O) groups excluding carboxylic acids is 1. The van der Waals surface area contributed by atoms with Gasteiger partial charge in [-0.25, -0.2) is 0 Å². The predicted molar refractivity (Wildman–Crippen MR) is 74.8 cm³/mol. The molecule has 19 heavy (non-hydrogen) atoms. The van der Waals surface area contributed by atoms with Crippen molar-refractivity contribution in [1.82, 2.24) is 0 Å². The van der Waals surface area contributed by atoms with Crippen LogP contribution in [0.15, 0.2) is 24.3 Å². The summed E-state index contributed by atoms with van der Waals surface area (Å²) in [6.45, 7) is 2.77. The lowest BCUT2D eigenvalue weighted by Gasteiger charge is -2.21. The van der Waals surface area contributed by atoms with Gasteiger partial charge in [0.25, 0.3) is 0 Å². The van der Waals surface area contributed by atoms with Crippen molar-refractivity contribution in [2.45, 2.75) is 45.1 Å². The number of ether oxygens (including phenoxy) is 2. The summed E-state index contributed by atoms with van der Waals surface area (Å²) in [5.74, 6) is 0.865. The van der Waals surface area contributed by atoms with Crippen LogP contribution < -0.4 is 4.74 Å². The topological polar surface area (TPSA) is 35.5 Å². The summed E-state index contributed by atoms with van der Waals surface area (Å²) in [7, 11) is 0. The van der Waals surface area contributed by atoms with Gasteiger partial charge >= 0.3 is 0 Å². The molecule has 0 saturated heterocycles. The quantitative estimate of drug-likeness (QED) is 0.580. The Labute approximate surface area is 114 Å². The van der Waals surface area contributed by atoms with Gasteiger partial charge in [-0.2, -0.15) is 0 Å². The van der Waals surface area contributed by atoms with Crippen molar-refractivity contribution in [2.24, 2.45) is 0 Å². The van der Waals surface area contributed by atoms with E-state index < -0.39 is 0 Å². The normalized spacial score (nSPS) is 16.3. The van der Waals surface area contributed by atoms with Crippen LogP contribution >= 0.6 is 0 Å². The minimum atomic E-state index is 0.0761. The van der Waals surface area contributed by atoms with Crippen LogP contribution in [0, 0.1) is 0 Å². The highest BCUT2D eigenvalue weighted by molar-refractivity contribution is 5.94. The Morgan fingerprint density at radius 2 is 1.79 bits per heavy atom. The predicted octanol–water partition coefficient (Wildman–Crippen LogP) is 3.62. The van der Waals surface area contributed by atoms with E-state index in [1.807, 2.05) is 12.1 Å². The number of ketones is 1. The van der Waals surface area contributed by atoms with Crippen molar-refractivity contribution in [3.63, 3.8) is 0 Å². The summed E-state index contributed by atoms with van der Waals surface area (Å²) < 4.78 is 11.4. The fourth-order valence-corrected chi connectivity index (χ4v) is 2.39.